The zero-order chi connectivity index (χ0) is 25.6. The summed E-state index contributed by atoms with van der Waals surface area (Å²) in [7, 11) is -2.20. The maximum atomic E-state index is 6.16. The minimum Gasteiger partial charge on any atom is -0.439 e. The lowest BCUT2D eigenvalue weighted by Gasteiger charge is -2.22. The van der Waals surface area contributed by atoms with Gasteiger partial charge in [0.15, 0.2) is 8.07 Å². The SMILES string of the molecule is Cc1ccccc1Oc1cccc([Si](C)(C)c2cccc(-c3c(C)ccc4c3sc3ccccc34)n2)n1. The van der Waals surface area contributed by atoms with Crippen LogP contribution in [0.1, 0.15) is 11.1 Å². The van der Waals surface area contributed by atoms with Crippen LogP contribution in [0.25, 0.3) is 31.4 Å². The molecule has 0 fully saturated rings. The monoisotopic (exact) mass is 516 g/mol. The third-order valence-electron chi connectivity index (χ3n) is 7.07. The van der Waals surface area contributed by atoms with Crippen LogP contribution in [-0.4, -0.2) is 18.0 Å². The summed E-state index contributed by atoms with van der Waals surface area (Å²) in [6.45, 7) is 8.86. The van der Waals surface area contributed by atoms with Gasteiger partial charge in [-0.05, 0) is 55.3 Å². The standard InChI is InChI=1S/C32H28N2OSSi/c1-21-11-5-7-14-26(21)35-28-16-10-18-30(34-28)37(3,4)29-17-9-13-25(33-29)31-22(2)19-20-24-23-12-6-8-15-27(23)36-32(24)31/h5-20H,1-4H3. The van der Waals surface area contributed by atoms with E-state index in [1.165, 1.54) is 31.3 Å². The topological polar surface area (TPSA) is 35.0 Å². The van der Waals surface area contributed by atoms with Crippen LogP contribution >= 0.6 is 11.3 Å². The largest absolute Gasteiger partial charge is 0.439 e. The number of aromatic nitrogens is 2. The fourth-order valence-electron chi connectivity index (χ4n) is 4.86. The first-order chi connectivity index (χ1) is 17.9. The van der Waals surface area contributed by atoms with Crippen molar-refractivity contribution in [2.45, 2.75) is 26.9 Å². The van der Waals surface area contributed by atoms with E-state index in [0.717, 1.165) is 27.6 Å². The molecule has 3 aromatic carbocycles. The van der Waals surface area contributed by atoms with Crippen LogP contribution in [-0.2, 0) is 0 Å². The molecular formula is C32H28N2OSSi. The maximum Gasteiger partial charge on any atom is 0.219 e. The lowest BCUT2D eigenvalue weighted by atomic mass is 10.0. The second-order valence-electron chi connectivity index (χ2n) is 9.99. The lowest BCUT2D eigenvalue weighted by molar-refractivity contribution is 0.461. The highest BCUT2D eigenvalue weighted by Gasteiger charge is 2.30. The van der Waals surface area contributed by atoms with Crippen molar-refractivity contribution in [1.82, 2.24) is 9.97 Å². The molecule has 0 atom stereocenters. The number of aryl methyl sites for hydroxylation is 2. The summed E-state index contributed by atoms with van der Waals surface area (Å²) in [6.07, 6.45) is 0. The van der Waals surface area contributed by atoms with Gasteiger partial charge in [0.1, 0.15) is 5.75 Å². The number of nitrogens with zero attached hydrogens (tertiary/aromatic N) is 2. The molecule has 0 saturated carbocycles. The molecule has 0 radical (unpaired) electrons. The summed E-state index contributed by atoms with van der Waals surface area (Å²) < 4.78 is 8.77. The fourth-order valence-corrected chi connectivity index (χ4v) is 8.25. The van der Waals surface area contributed by atoms with Crippen LogP contribution in [0.5, 0.6) is 11.6 Å². The Morgan fingerprint density at radius 3 is 2.22 bits per heavy atom. The average molecular weight is 517 g/mol. The van der Waals surface area contributed by atoms with Gasteiger partial charge in [-0.3, -0.25) is 4.98 Å². The molecule has 3 aromatic heterocycles. The number of benzene rings is 3. The van der Waals surface area contributed by atoms with Crippen LogP contribution in [0.15, 0.2) is 97.1 Å². The van der Waals surface area contributed by atoms with E-state index in [9.17, 15) is 0 Å². The van der Waals surface area contributed by atoms with E-state index in [4.69, 9.17) is 14.7 Å². The van der Waals surface area contributed by atoms with Gasteiger partial charge in [0.25, 0.3) is 0 Å². The predicted molar refractivity (Wildman–Crippen MR) is 160 cm³/mol. The molecule has 182 valence electrons. The number of rotatable bonds is 5. The van der Waals surface area contributed by atoms with Gasteiger partial charge in [-0.15, -0.1) is 11.3 Å². The Hall–Kier alpha value is -3.80. The maximum absolute atomic E-state index is 6.16. The third-order valence-corrected chi connectivity index (χ3v) is 11.4. The molecule has 0 saturated heterocycles. The smallest absolute Gasteiger partial charge is 0.219 e. The Kier molecular flexibility index (Phi) is 5.90. The molecule has 0 unspecified atom stereocenters. The Labute approximate surface area is 222 Å². The Morgan fingerprint density at radius 1 is 0.649 bits per heavy atom. The molecular weight excluding hydrogens is 489 g/mol. The first-order valence-electron chi connectivity index (χ1n) is 12.5. The summed E-state index contributed by atoms with van der Waals surface area (Å²) in [5, 5.41) is 4.78. The quantitative estimate of drug-likeness (QED) is 0.220. The molecule has 0 aliphatic heterocycles. The van der Waals surface area contributed by atoms with Gasteiger partial charge in [-0.25, -0.2) is 4.98 Å². The minimum absolute atomic E-state index is 0.620. The molecule has 3 nitrogen and oxygen atoms in total. The van der Waals surface area contributed by atoms with Crippen LogP contribution in [0.4, 0.5) is 0 Å². The number of thiophene rings is 1. The van der Waals surface area contributed by atoms with Crippen LogP contribution in [0.2, 0.25) is 13.1 Å². The molecule has 0 aliphatic carbocycles. The zero-order valence-electron chi connectivity index (χ0n) is 21.4. The Balaban J connectivity index is 1.41. The second kappa shape index (κ2) is 9.25. The van der Waals surface area contributed by atoms with Crippen LogP contribution < -0.4 is 15.4 Å². The highest BCUT2D eigenvalue weighted by atomic mass is 32.1. The normalized spacial score (nSPS) is 11.8. The van der Waals surface area contributed by atoms with Crippen molar-refractivity contribution in [3.05, 3.63) is 108 Å². The second-order valence-corrected chi connectivity index (χ2v) is 15.3. The van der Waals surface area contributed by atoms with Crippen LogP contribution in [0, 0.1) is 13.8 Å². The Bertz CT molecular complexity index is 1770. The van der Waals surface area contributed by atoms with Gasteiger partial charge in [0, 0.05) is 42.4 Å². The molecule has 0 aliphatic rings. The molecule has 0 bridgehead atoms. The fraction of sp³-hybridized carbons (Fsp3) is 0.125. The highest BCUT2D eigenvalue weighted by Crippen LogP contribution is 2.40. The zero-order valence-corrected chi connectivity index (χ0v) is 23.3. The van der Waals surface area contributed by atoms with Crippen molar-refractivity contribution in [3.8, 4) is 22.9 Å². The third kappa shape index (κ3) is 4.24. The van der Waals surface area contributed by atoms with Gasteiger partial charge < -0.3 is 4.74 Å². The number of hydrogen-bond acceptors (Lipinski definition) is 4. The lowest BCUT2D eigenvalue weighted by Crippen LogP contribution is -2.55. The number of fused-ring (bicyclic) bond motifs is 3. The Morgan fingerprint density at radius 2 is 1.38 bits per heavy atom. The van der Waals surface area contributed by atoms with Gasteiger partial charge in [0.2, 0.25) is 5.88 Å². The van der Waals surface area contributed by atoms with E-state index < -0.39 is 8.07 Å². The van der Waals surface area contributed by atoms with E-state index in [0.29, 0.717) is 5.88 Å². The molecule has 0 amide bonds. The van der Waals surface area contributed by atoms with Crippen molar-refractivity contribution in [1.29, 1.82) is 0 Å². The molecule has 5 heteroatoms. The van der Waals surface area contributed by atoms with Crippen molar-refractivity contribution in [3.63, 3.8) is 0 Å². The van der Waals surface area contributed by atoms with Crippen molar-refractivity contribution in [2.24, 2.45) is 0 Å². The number of para-hydroxylation sites is 1. The number of ether oxygens (including phenoxy) is 1. The minimum atomic E-state index is -2.20. The number of pyridine rings is 2. The van der Waals surface area contributed by atoms with Crippen molar-refractivity contribution < 1.29 is 4.74 Å². The first kappa shape index (κ1) is 23.6. The summed E-state index contributed by atoms with van der Waals surface area (Å²) in [6, 6.07) is 33.7. The summed E-state index contributed by atoms with van der Waals surface area (Å²) >= 11 is 1.85. The first-order valence-corrected chi connectivity index (χ1v) is 16.3. The summed E-state index contributed by atoms with van der Waals surface area (Å²) in [4.78, 5) is 10.2. The van der Waals surface area contributed by atoms with Crippen molar-refractivity contribution in [2.75, 3.05) is 0 Å². The molecule has 0 N–H and O–H groups in total. The summed E-state index contributed by atoms with van der Waals surface area (Å²) in [5.41, 5.74) is 4.59. The van der Waals surface area contributed by atoms with Crippen molar-refractivity contribution >= 4 is 50.2 Å². The van der Waals surface area contributed by atoms with Crippen LogP contribution in [0.3, 0.4) is 0 Å². The van der Waals surface area contributed by atoms with Gasteiger partial charge in [-0.1, -0.05) is 73.8 Å². The van der Waals surface area contributed by atoms with E-state index in [1.807, 2.05) is 54.7 Å². The van der Waals surface area contributed by atoms with E-state index >= 15 is 0 Å². The predicted octanol–water partition coefficient (Wildman–Crippen LogP) is 7.74. The van der Waals surface area contributed by atoms with E-state index in [-0.39, 0.29) is 0 Å². The summed E-state index contributed by atoms with van der Waals surface area (Å²) in [5.74, 6) is 1.45. The van der Waals surface area contributed by atoms with Gasteiger partial charge in [0.05, 0.1) is 5.69 Å². The van der Waals surface area contributed by atoms with Gasteiger partial charge >= 0.3 is 0 Å². The molecule has 37 heavy (non-hydrogen) atoms. The number of hydrogen-bond donors (Lipinski definition) is 0. The van der Waals surface area contributed by atoms with E-state index in [1.54, 1.807) is 0 Å². The highest BCUT2D eigenvalue weighted by molar-refractivity contribution is 7.26. The average Bonchev–Trinajstić information content (AvgIpc) is 3.28. The molecule has 6 aromatic rings. The molecule has 3 heterocycles. The molecule has 6 rings (SSSR count). The molecule has 0 spiro atoms. The van der Waals surface area contributed by atoms with Gasteiger partial charge in [-0.2, -0.15) is 0 Å². The van der Waals surface area contributed by atoms with E-state index in [2.05, 4.69) is 80.7 Å².